The molecule has 29 heavy (non-hydrogen) atoms. The molecule has 0 aliphatic rings. The van der Waals surface area contributed by atoms with Crippen molar-refractivity contribution in [1.82, 2.24) is 14.6 Å². The molecule has 6 nitrogen and oxygen atoms in total. The summed E-state index contributed by atoms with van der Waals surface area (Å²) in [7, 11) is 0. The largest absolute Gasteiger partial charge is 0.348 e. The van der Waals surface area contributed by atoms with E-state index in [-0.39, 0.29) is 24.1 Å². The molecule has 0 spiro atoms. The number of aromatic nitrogens is 2. The van der Waals surface area contributed by atoms with E-state index in [1.54, 1.807) is 6.92 Å². The molecule has 0 radical (unpaired) electrons. The van der Waals surface area contributed by atoms with Crippen LogP contribution in [0.1, 0.15) is 60.4 Å². The second-order valence-corrected chi connectivity index (χ2v) is 8.52. The van der Waals surface area contributed by atoms with Gasteiger partial charge in [-0.25, -0.2) is 4.68 Å². The highest BCUT2D eigenvalue weighted by Gasteiger charge is 2.17. The standard InChI is InChI=1S/C22H27BrN4O2/c1-5-6-15-9-14(4)27(24)22(29)19(15)12-25-21(28)18-10-16(23)11-20-17(18)7-8-26(20)13(2)3/h7-11,13H,5-6,12,24H2,1-4H3,(H,25,28). The molecule has 3 aromatic rings. The van der Waals surface area contributed by atoms with Crippen molar-refractivity contribution in [3.63, 3.8) is 0 Å². The Hall–Kier alpha value is -2.54. The Labute approximate surface area is 178 Å². The molecule has 1 amide bonds. The van der Waals surface area contributed by atoms with Gasteiger partial charge in [0.05, 0.1) is 5.52 Å². The Morgan fingerprint density at radius 2 is 2.00 bits per heavy atom. The number of pyridine rings is 1. The molecule has 0 aliphatic carbocycles. The minimum absolute atomic E-state index is 0.142. The van der Waals surface area contributed by atoms with Gasteiger partial charge in [0.25, 0.3) is 11.5 Å². The maximum Gasteiger partial charge on any atom is 0.274 e. The summed E-state index contributed by atoms with van der Waals surface area (Å²) >= 11 is 3.51. The fourth-order valence-corrected chi connectivity index (χ4v) is 4.11. The van der Waals surface area contributed by atoms with E-state index < -0.39 is 0 Å². The molecule has 7 heteroatoms. The van der Waals surface area contributed by atoms with Crippen LogP contribution in [0.2, 0.25) is 0 Å². The first-order valence-corrected chi connectivity index (χ1v) is 10.6. The van der Waals surface area contributed by atoms with Gasteiger partial charge in [-0.05, 0) is 57.0 Å². The van der Waals surface area contributed by atoms with Crippen molar-refractivity contribution in [3.8, 4) is 0 Å². The summed E-state index contributed by atoms with van der Waals surface area (Å²) in [5.41, 5.74) is 3.48. The van der Waals surface area contributed by atoms with Gasteiger partial charge in [-0.3, -0.25) is 9.59 Å². The van der Waals surface area contributed by atoms with Crippen molar-refractivity contribution >= 4 is 32.7 Å². The molecule has 0 bridgehead atoms. The Balaban J connectivity index is 1.95. The number of aryl methyl sites for hydroxylation is 2. The zero-order valence-corrected chi connectivity index (χ0v) is 18.8. The molecular weight excluding hydrogens is 432 g/mol. The Morgan fingerprint density at radius 1 is 1.28 bits per heavy atom. The maximum absolute atomic E-state index is 13.0. The third-order valence-corrected chi connectivity index (χ3v) is 5.63. The number of amides is 1. The molecule has 0 saturated carbocycles. The number of nitrogen functional groups attached to an aromatic ring is 1. The minimum atomic E-state index is -0.265. The molecule has 3 rings (SSSR count). The van der Waals surface area contributed by atoms with Gasteiger partial charge >= 0.3 is 0 Å². The second kappa shape index (κ2) is 8.45. The number of nitrogens with two attached hydrogens (primary N) is 1. The van der Waals surface area contributed by atoms with Crippen molar-refractivity contribution in [3.05, 3.63) is 67.7 Å². The average Bonchev–Trinajstić information content (AvgIpc) is 3.09. The third-order valence-electron chi connectivity index (χ3n) is 5.18. The highest BCUT2D eigenvalue weighted by Crippen LogP contribution is 2.27. The van der Waals surface area contributed by atoms with Crippen LogP contribution in [-0.2, 0) is 13.0 Å². The molecule has 154 valence electrons. The molecule has 0 fully saturated rings. The summed E-state index contributed by atoms with van der Waals surface area (Å²) in [6.45, 7) is 8.21. The number of nitrogens with one attached hydrogen (secondary N) is 1. The van der Waals surface area contributed by atoms with E-state index in [1.807, 2.05) is 30.5 Å². The van der Waals surface area contributed by atoms with E-state index in [1.165, 1.54) is 0 Å². The van der Waals surface area contributed by atoms with Crippen LogP contribution in [0.3, 0.4) is 0 Å². The first kappa shape index (κ1) is 21.2. The number of hydrogen-bond acceptors (Lipinski definition) is 3. The Morgan fingerprint density at radius 3 is 2.66 bits per heavy atom. The van der Waals surface area contributed by atoms with E-state index >= 15 is 0 Å². The lowest BCUT2D eigenvalue weighted by Gasteiger charge is -2.14. The lowest BCUT2D eigenvalue weighted by atomic mass is 10.0. The number of carbonyl (C=O) groups is 1. The molecular formula is C22H27BrN4O2. The predicted octanol–water partition coefficient (Wildman–Crippen LogP) is 4.05. The van der Waals surface area contributed by atoms with Gasteiger partial charge in [-0.1, -0.05) is 29.3 Å². The maximum atomic E-state index is 13.0. The summed E-state index contributed by atoms with van der Waals surface area (Å²) in [6, 6.07) is 7.99. The molecule has 0 saturated heterocycles. The van der Waals surface area contributed by atoms with Gasteiger partial charge < -0.3 is 15.7 Å². The number of fused-ring (bicyclic) bond motifs is 1. The van der Waals surface area contributed by atoms with Crippen LogP contribution in [-0.4, -0.2) is 15.2 Å². The van der Waals surface area contributed by atoms with Crippen molar-refractivity contribution < 1.29 is 4.79 Å². The monoisotopic (exact) mass is 458 g/mol. The van der Waals surface area contributed by atoms with Gasteiger partial charge in [0.15, 0.2) is 0 Å². The zero-order valence-electron chi connectivity index (χ0n) is 17.3. The van der Waals surface area contributed by atoms with Gasteiger partial charge in [0.2, 0.25) is 0 Å². The lowest BCUT2D eigenvalue weighted by molar-refractivity contribution is 0.0952. The van der Waals surface area contributed by atoms with Crippen LogP contribution in [0.15, 0.2) is 39.7 Å². The first-order chi connectivity index (χ1) is 13.7. The molecule has 2 heterocycles. The smallest absolute Gasteiger partial charge is 0.274 e. The van der Waals surface area contributed by atoms with E-state index in [0.29, 0.717) is 16.8 Å². The van der Waals surface area contributed by atoms with E-state index in [9.17, 15) is 9.59 Å². The predicted molar refractivity (Wildman–Crippen MR) is 121 cm³/mol. The van der Waals surface area contributed by atoms with Crippen LogP contribution < -0.4 is 16.7 Å². The molecule has 2 aromatic heterocycles. The molecule has 3 N–H and O–H groups in total. The van der Waals surface area contributed by atoms with Crippen LogP contribution in [0.5, 0.6) is 0 Å². The summed E-state index contributed by atoms with van der Waals surface area (Å²) in [5, 5.41) is 3.80. The van der Waals surface area contributed by atoms with Crippen molar-refractivity contribution in [1.29, 1.82) is 0 Å². The third kappa shape index (κ3) is 4.10. The van der Waals surface area contributed by atoms with E-state index in [2.05, 4.69) is 46.6 Å². The first-order valence-electron chi connectivity index (χ1n) is 9.82. The Bertz CT molecular complexity index is 1130. The highest BCUT2D eigenvalue weighted by molar-refractivity contribution is 9.10. The second-order valence-electron chi connectivity index (χ2n) is 7.60. The number of halogens is 1. The summed E-state index contributed by atoms with van der Waals surface area (Å²) in [4.78, 5) is 25.7. The van der Waals surface area contributed by atoms with Crippen molar-refractivity contribution in [2.75, 3.05) is 5.84 Å². The highest BCUT2D eigenvalue weighted by atomic mass is 79.9. The summed E-state index contributed by atoms with van der Waals surface area (Å²) in [5.74, 6) is 5.65. The quantitative estimate of drug-likeness (QED) is 0.546. The Kier molecular flexibility index (Phi) is 6.17. The molecule has 0 aliphatic heterocycles. The fraction of sp³-hybridized carbons (Fsp3) is 0.364. The van der Waals surface area contributed by atoms with Gasteiger partial charge in [-0.2, -0.15) is 0 Å². The normalized spacial score (nSPS) is 11.4. The van der Waals surface area contributed by atoms with Crippen molar-refractivity contribution in [2.45, 2.75) is 53.1 Å². The molecule has 0 atom stereocenters. The van der Waals surface area contributed by atoms with E-state index in [4.69, 9.17) is 5.84 Å². The van der Waals surface area contributed by atoms with E-state index in [0.717, 1.165) is 38.5 Å². The van der Waals surface area contributed by atoms with Crippen LogP contribution in [0.25, 0.3) is 10.9 Å². The fourth-order valence-electron chi connectivity index (χ4n) is 3.66. The minimum Gasteiger partial charge on any atom is -0.348 e. The zero-order chi connectivity index (χ0) is 21.3. The number of nitrogens with zero attached hydrogens (tertiary/aromatic N) is 2. The molecule has 0 unspecified atom stereocenters. The number of rotatable bonds is 6. The summed E-state index contributed by atoms with van der Waals surface area (Å²) in [6.07, 6.45) is 3.66. The van der Waals surface area contributed by atoms with Crippen LogP contribution in [0, 0.1) is 6.92 Å². The topological polar surface area (TPSA) is 82.1 Å². The summed E-state index contributed by atoms with van der Waals surface area (Å²) < 4.78 is 4.10. The van der Waals surface area contributed by atoms with Crippen LogP contribution >= 0.6 is 15.9 Å². The number of carbonyl (C=O) groups excluding carboxylic acids is 1. The van der Waals surface area contributed by atoms with Gasteiger partial charge in [-0.15, -0.1) is 0 Å². The van der Waals surface area contributed by atoms with Crippen molar-refractivity contribution in [2.24, 2.45) is 0 Å². The van der Waals surface area contributed by atoms with Crippen LogP contribution in [0.4, 0.5) is 0 Å². The SMILES string of the molecule is CCCc1cc(C)n(N)c(=O)c1CNC(=O)c1cc(Br)cc2c1ccn2C(C)C. The number of benzene rings is 1. The lowest BCUT2D eigenvalue weighted by Crippen LogP contribution is -2.36. The van der Waals surface area contributed by atoms with Gasteiger partial charge in [0, 0.05) is 45.5 Å². The van der Waals surface area contributed by atoms with Gasteiger partial charge in [0.1, 0.15) is 0 Å². The average molecular weight is 459 g/mol. The molecule has 1 aromatic carbocycles. The number of hydrogen-bond donors (Lipinski definition) is 2.